The summed E-state index contributed by atoms with van der Waals surface area (Å²) in [5.41, 5.74) is 0.421. The van der Waals surface area contributed by atoms with Gasteiger partial charge in [-0.25, -0.2) is 8.42 Å². The minimum Gasteiger partial charge on any atom is -0.497 e. The van der Waals surface area contributed by atoms with Gasteiger partial charge in [0.05, 0.1) is 30.7 Å². The molecule has 0 spiro atoms. The molecule has 2 aromatic rings. The maximum absolute atomic E-state index is 13.1. The number of nitrogens with zero attached hydrogens (tertiary/aromatic N) is 1. The fourth-order valence-corrected chi connectivity index (χ4v) is 3.89. The van der Waals surface area contributed by atoms with E-state index in [1.54, 1.807) is 31.2 Å². The predicted octanol–water partition coefficient (Wildman–Crippen LogP) is 3.50. The van der Waals surface area contributed by atoms with Crippen molar-refractivity contribution in [3.63, 3.8) is 0 Å². The van der Waals surface area contributed by atoms with E-state index in [0.717, 1.165) is 0 Å². The zero-order valence-corrected chi connectivity index (χ0v) is 16.1. The second kappa shape index (κ2) is 8.91. The zero-order valence-electron chi connectivity index (χ0n) is 14.5. The van der Waals surface area contributed by atoms with Gasteiger partial charge in [0.25, 0.3) is 10.0 Å². The van der Waals surface area contributed by atoms with Gasteiger partial charge in [0.15, 0.2) is 0 Å². The molecule has 0 saturated carbocycles. The van der Waals surface area contributed by atoms with E-state index < -0.39 is 16.0 Å². The number of hydrogen-bond acceptors (Lipinski definition) is 5. The van der Waals surface area contributed by atoms with Crippen LogP contribution < -0.4 is 9.04 Å². The van der Waals surface area contributed by atoms with Crippen LogP contribution >= 0.6 is 11.6 Å². The second-order valence-electron chi connectivity index (χ2n) is 5.28. The molecule has 6 nitrogen and oxygen atoms in total. The molecule has 0 N–H and O–H groups in total. The summed E-state index contributed by atoms with van der Waals surface area (Å²) < 4.78 is 37.3. The summed E-state index contributed by atoms with van der Waals surface area (Å²) >= 11 is 5.85. The Bertz CT molecular complexity index is 835. The lowest BCUT2D eigenvalue weighted by Crippen LogP contribution is -2.33. The molecule has 0 bridgehead atoms. The van der Waals surface area contributed by atoms with Crippen molar-refractivity contribution in [1.29, 1.82) is 0 Å². The van der Waals surface area contributed by atoms with Crippen LogP contribution in [0.25, 0.3) is 0 Å². The van der Waals surface area contributed by atoms with Crippen molar-refractivity contribution < 1.29 is 22.7 Å². The van der Waals surface area contributed by atoms with E-state index in [2.05, 4.69) is 0 Å². The Hall–Kier alpha value is -2.25. The number of methoxy groups -OCH3 is 1. The summed E-state index contributed by atoms with van der Waals surface area (Å²) in [5.74, 6) is 0.139. The fraction of sp³-hybridized carbons (Fsp3) is 0.278. The van der Waals surface area contributed by atoms with Crippen LogP contribution in [0.5, 0.6) is 5.75 Å². The van der Waals surface area contributed by atoms with Gasteiger partial charge in [-0.2, -0.15) is 0 Å². The third-order valence-corrected chi connectivity index (χ3v) is 5.68. The highest BCUT2D eigenvalue weighted by atomic mass is 35.5. The smallest absolute Gasteiger partial charge is 0.307 e. The van der Waals surface area contributed by atoms with Crippen molar-refractivity contribution in [3.05, 3.63) is 53.6 Å². The number of anilines is 1. The molecule has 2 rings (SSSR count). The summed E-state index contributed by atoms with van der Waals surface area (Å²) in [6.07, 6.45) is -0.0628. The van der Waals surface area contributed by atoms with E-state index in [4.69, 9.17) is 21.1 Å². The Kier molecular flexibility index (Phi) is 6.88. The average Bonchev–Trinajstić information content (AvgIpc) is 2.63. The highest BCUT2D eigenvalue weighted by Gasteiger charge is 2.25. The van der Waals surface area contributed by atoms with E-state index in [0.29, 0.717) is 16.5 Å². The Morgan fingerprint density at radius 2 is 1.69 bits per heavy atom. The van der Waals surface area contributed by atoms with Crippen molar-refractivity contribution in [3.8, 4) is 5.75 Å². The van der Waals surface area contributed by atoms with Crippen molar-refractivity contribution >= 4 is 33.3 Å². The molecule has 0 aromatic heterocycles. The monoisotopic (exact) mass is 397 g/mol. The standard InChI is InChI=1S/C18H20ClNO5S/c1-3-25-18(21)12-13-20(15-6-8-16(24-2)9-7-15)26(22,23)17-10-4-14(19)5-11-17/h4-11H,3,12-13H2,1-2H3. The number of esters is 1. The topological polar surface area (TPSA) is 72.9 Å². The quantitative estimate of drug-likeness (QED) is 0.637. The highest BCUT2D eigenvalue weighted by Crippen LogP contribution is 2.26. The van der Waals surface area contributed by atoms with Gasteiger partial charge in [-0.15, -0.1) is 0 Å². The molecule has 26 heavy (non-hydrogen) atoms. The third-order valence-electron chi connectivity index (χ3n) is 3.59. The average molecular weight is 398 g/mol. The lowest BCUT2D eigenvalue weighted by atomic mass is 10.3. The molecule has 0 amide bonds. The second-order valence-corrected chi connectivity index (χ2v) is 7.58. The van der Waals surface area contributed by atoms with Crippen LogP contribution in [0, 0.1) is 0 Å². The van der Waals surface area contributed by atoms with Crippen LogP contribution in [-0.4, -0.2) is 34.6 Å². The van der Waals surface area contributed by atoms with Gasteiger partial charge < -0.3 is 9.47 Å². The first-order valence-corrected chi connectivity index (χ1v) is 9.78. The predicted molar refractivity (Wildman–Crippen MR) is 100 cm³/mol. The number of rotatable bonds is 8. The number of halogens is 1. The first kappa shape index (κ1) is 20.1. The Morgan fingerprint density at radius 3 is 2.23 bits per heavy atom. The van der Waals surface area contributed by atoms with Crippen molar-refractivity contribution in [2.45, 2.75) is 18.2 Å². The Labute approximate surface area is 158 Å². The van der Waals surface area contributed by atoms with Gasteiger partial charge in [0.2, 0.25) is 0 Å². The van der Waals surface area contributed by atoms with Crippen LogP contribution in [0.4, 0.5) is 5.69 Å². The van der Waals surface area contributed by atoms with Crippen LogP contribution in [0.1, 0.15) is 13.3 Å². The van der Waals surface area contributed by atoms with Crippen LogP contribution in [0.15, 0.2) is 53.4 Å². The maximum atomic E-state index is 13.1. The molecule has 0 radical (unpaired) electrons. The molecule has 0 saturated heterocycles. The normalized spacial score (nSPS) is 11.0. The molecule has 0 aliphatic rings. The number of hydrogen-bond donors (Lipinski definition) is 0. The van der Waals surface area contributed by atoms with Crippen molar-refractivity contribution in [2.75, 3.05) is 24.6 Å². The first-order chi connectivity index (χ1) is 12.4. The van der Waals surface area contributed by atoms with E-state index in [1.807, 2.05) is 0 Å². The van der Waals surface area contributed by atoms with Gasteiger partial charge in [0.1, 0.15) is 5.75 Å². The Balaban J connectivity index is 2.37. The van der Waals surface area contributed by atoms with Gasteiger partial charge in [-0.05, 0) is 55.5 Å². The van der Waals surface area contributed by atoms with Crippen molar-refractivity contribution in [1.82, 2.24) is 0 Å². The summed E-state index contributed by atoms with van der Waals surface area (Å²) in [6, 6.07) is 12.4. The molecule has 0 aliphatic heterocycles. The molecule has 0 aliphatic carbocycles. The largest absolute Gasteiger partial charge is 0.497 e. The molecular formula is C18H20ClNO5S. The number of carbonyl (C=O) groups is 1. The molecule has 0 fully saturated rings. The van der Waals surface area contributed by atoms with Gasteiger partial charge in [-0.1, -0.05) is 11.6 Å². The van der Waals surface area contributed by atoms with Crippen molar-refractivity contribution in [2.24, 2.45) is 0 Å². The van der Waals surface area contributed by atoms with Crippen LogP contribution in [0.2, 0.25) is 5.02 Å². The summed E-state index contributed by atoms with van der Waals surface area (Å²) in [4.78, 5) is 11.8. The number of sulfonamides is 1. The minimum absolute atomic E-state index is 0.0455. The molecular weight excluding hydrogens is 378 g/mol. The first-order valence-electron chi connectivity index (χ1n) is 7.96. The summed E-state index contributed by atoms with van der Waals surface area (Å²) in [5, 5.41) is 0.437. The number of ether oxygens (including phenoxy) is 2. The lowest BCUT2D eigenvalue weighted by molar-refractivity contribution is -0.142. The van der Waals surface area contributed by atoms with Gasteiger partial charge in [-0.3, -0.25) is 9.10 Å². The molecule has 0 unspecified atom stereocenters. The van der Waals surface area contributed by atoms with E-state index in [9.17, 15) is 13.2 Å². The van der Waals surface area contributed by atoms with Crippen LogP contribution in [-0.2, 0) is 19.6 Å². The van der Waals surface area contributed by atoms with E-state index >= 15 is 0 Å². The lowest BCUT2D eigenvalue weighted by Gasteiger charge is -2.24. The minimum atomic E-state index is -3.87. The summed E-state index contributed by atoms with van der Waals surface area (Å²) in [7, 11) is -2.35. The molecule has 8 heteroatoms. The number of carbonyl (C=O) groups excluding carboxylic acids is 1. The Morgan fingerprint density at radius 1 is 1.08 bits per heavy atom. The van der Waals surface area contributed by atoms with Gasteiger partial charge >= 0.3 is 5.97 Å². The highest BCUT2D eigenvalue weighted by molar-refractivity contribution is 7.92. The maximum Gasteiger partial charge on any atom is 0.307 e. The van der Waals surface area contributed by atoms with Gasteiger partial charge in [0, 0.05) is 11.6 Å². The third kappa shape index (κ3) is 4.89. The van der Waals surface area contributed by atoms with E-state index in [1.165, 1.54) is 35.7 Å². The van der Waals surface area contributed by atoms with E-state index in [-0.39, 0.29) is 24.5 Å². The SMILES string of the molecule is CCOC(=O)CCN(c1ccc(OC)cc1)S(=O)(=O)c1ccc(Cl)cc1. The summed E-state index contributed by atoms with van der Waals surface area (Å²) in [6.45, 7) is 1.89. The molecule has 140 valence electrons. The fourth-order valence-electron chi connectivity index (χ4n) is 2.30. The molecule has 2 aromatic carbocycles. The number of benzene rings is 2. The zero-order chi connectivity index (χ0) is 19.2. The molecule has 0 heterocycles. The van der Waals surface area contributed by atoms with Crippen LogP contribution in [0.3, 0.4) is 0 Å². The molecule has 0 atom stereocenters.